The van der Waals surface area contributed by atoms with E-state index in [0.29, 0.717) is 0 Å². The van der Waals surface area contributed by atoms with Crippen molar-refractivity contribution in [1.29, 1.82) is 0 Å². The third kappa shape index (κ3) is 4.24. The molecule has 0 unspecified atom stereocenters. The quantitative estimate of drug-likeness (QED) is 0.603. The van der Waals surface area contributed by atoms with Gasteiger partial charge in [0.15, 0.2) is 0 Å². The zero-order chi connectivity index (χ0) is 15.6. The van der Waals surface area contributed by atoms with E-state index in [4.69, 9.17) is 4.74 Å². The van der Waals surface area contributed by atoms with Gasteiger partial charge in [0.05, 0.1) is 19.0 Å². The molecule has 2 nitrogen and oxygen atoms in total. The van der Waals surface area contributed by atoms with Crippen LogP contribution >= 0.6 is 0 Å². The molecule has 0 spiro atoms. The molecule has 0 bridgehead atoms. The van der Waals surface area contributed by atoms with Crippen molar-refractivity contribution in [3.63, 3.8) is 0 Å². The molecule has 1 N–H and O–H groups in total. The van der Waals surface area contributed by atoms with Crippen molar-refractivity contribution in [2.75, 3.05) is 6.61 Å². The summed E-state index contributed by atoms with van der Waals surface area (Å²) in [5.41, 5.74) is 3.02. The average Bonchev–Trinajstić information content (AvgIpc) is 2.28. The largest absolute Gasteiger partial charge is 0.501 e. The van der Waals surface area contributed by atoms with Crippen LogP contribution in [0.3, 0.4) is 0 Å². The maximum atomic E-state index is 10.7. The maximum absolute atomic E-state index is 10.7. The second kappa shape index (κ2) is 6.17. The molecule has 0 atom stereocenters. The Labute approximate surface area is 124 Å². The number of hydrogen-bond acceptors (Lipinski definition) is 2. The van der Waals surface area contributed by atoms with Crippen LogP contribution in [0.4, 0.5) is 0 Å². The van der Waals surface area contributed by atoms with E-state index >= 15 is 0 Å². The fourth-order valence-electron chi connectivity index (χ4n) is 2.32. The highest BCUT2D eigenvalue weighted by Gasteiger charge is 2.34. The van der Waals surface area contributed by atoms with Crippen LogP contribution in [0.15, 0.2) is 35.1 Å². The van der Waals surface area contributed by atoms with Crippen LogP contribution in [-0.2, 0) is 4.74 Å². The van der Waals surface area contributed by atoms with Gasteiger partial charge in [-0.1, -0.05) is 48.5 Å². The zero-order valence-electron chi connectivity index (χ0n) is 14.1. The molecule has 0 aromatic heterocycles. The number of rotatable bonds is 3. The molecule has 0 aliphatic heterocycles. The van der Waals surface area contributed by atoms with Gasteiger partial charge in [-0.25, -0.2) is 0 Å². The molecular weight excluding hydrogens is 248 g/mol. The number of aliphatic hydroxyl groups excluding tert-OH is 1. The third-order valence-electron chi connectivity index (χ3n) is 3.51. The molecular formula is C18H30O2. The van der Waals surface area contributed by atoms with Gasteiger partial charge in [0.25, 0.3) is 0 Å². The first-order valence-electron chi connectivity index (χ1n) is 7.51. The average molecular weight is 278 g/mol. The van der Waals surface area contributed by atoms with Gasteiger partial charge in [-0.2, -0.15) is 0 Å². The fraction of sp³-hybridized carbons (Fsp3) is 0.667. The van der Waals surface area contributed by atoms with E-state index in [-0.39, 0.29) is 10.8 Å². The van der Waals surface area contributed by atoms with E-state index in [2.05, 4.69) is 60.6 Å². The molecule has 1 aliphatic carbocycles. The molecule has 0 radical (unpaired) electrons. The third-order valence-corrected chi connectivity index (χ3v) is 3.51. The van der Waals surface area contributed by atoms with Gasteiger partial charge < -0.3 is 9.84 Å². The highest BCUT2D eigenvalue weighted by atomic mass is 16.5. The topological polar surface area (TPSA) is 29.5 Å². The Bertz CT molecular complexity index is 391. The second-order valence-corrected chi connectivity index (χ2v) is 7.59. The van der Waals surface area contributed by atoms with Gasteiger partial charge in [0.2, 0.25) is 0 Å². The number of allylic oxidation sites excluding steroid dienone is 3. The van der Waals surface area contributed by atoms with Crippen LogP contribution in [0.1, 0.15) is 54.9 Å². The summed E-state index contributed by atoms with van der Waals surface area (Å²) in [6.07, 6.45) is 6.44. The van der Waals surface area contributed by atoms with Crippen LogP contribution in [0.5, 0.6) is 0 Å². The Morgan fingerprint density at radius 2 is 1.50 bits per heavy atom. The van der Waals surface area contributed by atoms with E-state index in [1.807, 2.05) is 6.26 Å². The van der Waals surface area contributed by atoms with Crippen LogP contribution in [-0.4, -0.2) is 17.8 Å². The zero-order valence-corrected chi connectivity index (χ0v) is 14.1. The molecule has 0 heterocycles. The molecule has 0 aromatic rings. The molecule has 2 heteroatoms. The van der Waals surface area contributed by atoms with Gasteiger partial charge in [0, 0.05) is 5.57 Å². The van der Waals surface area contributed by atoms with E-state index in [1.54, 1.807) is 0 Å². The monoisotopic (exact) mass is 278 g/mol. The minimum Gasteiger partial charge on any atom is -0.501 e. The van der Waals surface area contributed by atoms with Crippen LogP contribution < -0.4 is 0 Å². The van der Waals surface area contributed by atoms with Gasteiger partial charge in [-0.15, -0.1) is 0 Å². The molecule has 1 aliphatic rings. The van der Waals surface area contributed by atoms with Crippen molar-refractivity contribution >= 4 is 0 Å². The van der Waals surface area contributed by atoms with Crippen molar-refractivity contribution < 1.29 is 9.84 Å². The highest BCUT2D eigenvalue weighted by Crippen LogP contribution is 2.41. The predicted molar refractivity (Wildman–Crippen MR) is 85.4 cm³/mol. The Kier molecular flexibility index (Phi) is 5.26. The number of ether oxygens (including phenoxy) is 1. The van der Waals surface area contributed by atoms with Crippen LogP contribution in [0.25, 0.3) is 0 Å². The summed E-state index contributed by atoms with van der Waals surface area (Å²) in [4.78, 5) is 0. The first kappa shape index (κ1) is 17.0. The SMILES string of the molecule is CCCOC=C1C=C(C(C)(C)C)C(O)C(C(C)(C)C)=C1. The van der Waals surface area contributed by atoms with Gasteiger partial charge in [-0.3, -0.25) is 0 Å². The Hall–Kier alpha value is -1.02. The normalized spacial score (nSPS) is 20.4. The van der Waals surface area contributed by atoms with Crippen molar-refractivity contribution in [1.82, 2.24) is 0 Å². The van der Waals surface area contributed by atoms with Crippen molar-refractivity contribution in [3.05, 3.63) is 35.1 Å². The molecule has 0 aromatic carbocycles. The smallest absolute Gasteiger partial charge is 0.0977 e. The molecule has 0 saturated heterocycles. The van der Waals surface area contributed by atoms with Crippen molar-refractivity contribution in [2.45, 2.75) is 61.0 Å². The molecule has 0 saturated carbocycles. The van der Waals surface area contributed by atoms with Crippen LogP contribution in [0, 0.1) is 10.8 Å². The summed E-state index contributed by atoms with van der Waals surface area (Å²) >= 11 is 0. The standard InChI is InChI=1S/C18H30O2/c1-8-9-20-12-13-10-14(17(2,3)4)16(19)15(11-13)18(5,6)7/h10-12,16,19H,8-9H2,1-7H3. The highest BCUT2D eigenvalue weighted by molar-refractivity contribution is 5.48. The van der Waals surface area contributed by atoms with Gasteiger partial charge in [-0.05, 0) is 40.5 Å². The fourth-order valence-corrected chi connectivity index (χ4v) is 2.32. The van der Waals surface area contributed by atoms with E-state index in [0.717, 1.165) is 29.7 Å². The number of aliphatic hydroxyl groups is 1. The minimum absolute atomic E-state index is 0.0615. The van der Waals surface area contributed by atoms with Crippen LogP contribution in [0.2, 0.25) is 0 Å². The first-order valence-corrected chi connectivity index (χ1v) is 7.51. The predicted octanol–water partition coefficient (Wildman–Crippen LogP) is 4.62. The van der Waals surface area contributed by atoms with Crippen molar-refractivity contribution in [3.8, 4) is 0 Å². The molecule has 20 heavy (non-hydrogen) atoms. The lowest BCUT2D eigenvalue weighted by molar-refractivity contribution is 0.191. The molecule has 0 amide bonds. The molecule has 1 rings (SSSR count). The Balaban J connectivity index is 3.19. The lowest BCUT2D eigenvalue weighted by Crippen LogP contribution is -2.31. The summed E-state index contributed by atoms with van der Waals surface area (Å²) < 4.78 is 5.55. The maximum Gasteiger partial charge on any atom is 0.0977 e. The lowest BCUT2D eigenvalue weighted by Gasteiger charge is -2.37. The first-order chi connectivity index (χ1) is 9.07. The van der Waals surface area contributed by atoms with E-state index < -0.39 is 6.10 Å². The lowest BCUT2D eigenvalue weighted by atomic mass is 9.71. The second-order valence-electron chi connectivity index (χ2n) is 7.59. The summed E-state index contributed by atoms with van der Waals surface area (Å²) in [7, 11) is 0. The van der Waals surface area contributed by atoms with Crippen molar-refractivity contribution in [2.24, 2.45) is 10.8 Å². The Morgan fingerprint density at radius 3 is 1.85 bits per heavy atom. The summed E-state index contributed by atoms with van der Waals surface area (Å²) in [6.45, 7) is 15.6. The van der Waals surface area contributed by atoms with E-state index in [1.165, 1.54) is 0 Å². The minimum atomic E-state index is -0.502. The van der Waals surface area contributed by atoms with Gasteiger partial charge >= 0.3 is 0 Å². The van der Waals surface area contributed by atoms with E-state index in [9.17, 15) is 5.11 Å². The summed E-state index contributed by atoms with van der Waals surface area (Å²) in [5, 5.41) is 10.7. The van der Waals surface area contributed by atoms with Gasteiger partial charge in [0.1, 0.15) is 0 Å². The number of hydrogen-bond donors (Lipinski definition) is 1. The Morgan fingerprint density at radius 1 is 1.05 bits per heavy atom. The summed E-state index contributed by atoms with van der Waals surface area (Å²) in [5.74, 6) is 0. The molecule has 0 fully saturated rings. The molecule has 114 valence electrons. The summed E-state index contributed by atoms with van der Waals surface area (Å²) in [6, 6.07) is 0.